The van der Waals surface area contributed by atoms with Crippen molar-refractivity contribution >= 4 is 11.7 Å². The fraction of sp³-hybridized carbons (Fsp3) is 0.105. The average molecular weight is 466 g/mol. The zero-order chi connectivity index (χ0) is 23.9. The molecule has 0 aliphatic heterocycles. The van der Waals surface area contributed by atoms with Gasteiger partial charge in [-0.25, -0.2) is 23.2 Å². The van der Waals surface area contributed by atoms with E-state index in [0.717, 1.165) is 41.2 Å². The zero-order valence-corrected chi connectivity index (χ0v) is 16.4. The van der Waals surface area contributed by atoms with Crippen LogP contribution in [0.3, 0.4) is 0 Å². The molecule has 1 aromatic carbocycles. The maximum absolute atomic E-state index is 13.8. The second-order valence-corrected chi connectivity index (χ2v) is 6.58. The van der Waals surface area contributed by atoms with Crippen molar-refractivity contribution in [2.75, 3.05) is 5.32 Å². The highest BCUT2D eigenvalue weighted by atomic mass is 19.4. The predicted octanol–water partition coefficient (Wildman–Crippen LogP) is 3.17. The molecule has 1 amide bonds. The number of alkyl halides is 3. The van der Waals surface area contributed by atoms with E-state index in [1.165, 1.54) is 7.05 Å². The van der Waals surface area contributed by atoms with E-state index in [2.05, 4.69) is 20.5 Å². The molecule has 9 nitrogen and oxygen atoms in total. The summed E-state index contributed by atoms with van der Waals surface area (Å²) in [4.78, 5) is 27.4. The van der Waals surface area contributed by atoms with Crippen molar-refractivity contribution in [3.8, 4) is 17.3 Å². The second-order valence-electron chi connectivity index (χ2n) is 6.58. The van der Waals surface area contributed by atoms with Gasteiger partial charge in [-0.15, -0.1) is 5.10 Å². The molecule has 33 heavy (non-hydrogen) atoms. The van der Waals surface area contributed by atoms with Gasteiger partial charge in [-0.05, 0) is 24.3 Å². The first-order valence-corrected chi connectivity index (χ1v) is 8.98. The van der Waals surface area contributed by atoms with Gasteiger partial charge in [0.2, 0.25) is 0 Å². The Hall–Kier alpha value is -4.36. The van der Waals surface area contributed by atoms with Crippen molar-refractivity contribution in [3.05, 3.63) is 76.0 Å². The van der Waals surface area contributed by atoms with Crippen LogP contribution in [0.15, 0.2) is 51.8 Å². The SMILES string of the molecule is Cn1nc(-c2cc(C(F)(F)F)n(-c3ccc(NC(=O)c4cccc(F)c4F)nc3)n2)oc1=O. The summed E-state index contributed by atoms with van der Waals surface area (Å²) in [7, 11) is 1.25. The third kappa shape index (κ3) is 4.22. The molecule has 4 aromatic rings. The van der Waals surface area contributed by atoms with Crippen LogP contribution in [0.2, 0.25) is 0 Å². The highest BCUT2D eigenvalue weighted by molar-refractivity contribution is 6.03. The molecular weight excluding hydrogens is 455 g/mol. The standard InChI is InChI=1S/C19H11F5N6O3/c1-29-18(32)33-17(28-29)12-7-13(19(22,23)24)30(27-12)9-5-6-14(25-8-9)26-16(31)10-3-2-4-11(20)15(10)21/h2-8H,1H3,(H,25,26,31). The van der Waals surface area contributed by atoms with Crippen LogP contribution in [-0.4, -0.2) is 30.5 Å². The van der Waals surface area contributed by atoms with E-state index in [1.54, 1.807) is 0 Å². The lowest BCUT2D eigenvalue weighted by Gasteiger charge is -2.10. The Balaban J connectivity index is 1.65. The molecule has 0 aliphatic rings. The highest BCUT2D eigenvalue weighted by Crippen LogP contribution is 2.33. The number of nitrogens with zero attached hydrogens (tertiary/aromatic N) is 5. The number of aryl methyl sites for hydroxylation is 1. The number of halogens is 5. The van der Waals surface area contributed by atoms with Crippen molar-refractivity contribution in [2.24, 2.45) is 7.05 Å². The molecule has 3 aromatic heterocycles. The number of nitrogens with one attached hydrogen (secondary N) is 1. The van der Waals surface area contributed by atoms with Gasteiger partial charge in [-0.3, -0.25) is 4.79 Å². The van der Waals surface area contributed by atoms with Gasteiger partial charge in [0.1, 0.15) is 11.5 Å². The quantitative estimate of drug-likeness (QED) is 0.463. The molecule has 0 atom stereocenters. The average Bonchev–Trinajstić information content (AvgIpc) is 3.34. The third-order valence-electron chi connectivity index (χ3n) is 4.34. The minimum Gasteiger partial charge on any atom is -0.386 e. The van der Waals surface area contributed by atoms with E-state index in [1.807, 2.05) is 0 Å². The van der Waals surface area contributed by atoms with E-state index in [9.17, 15) is 31.5 Å². The lowest BCUT2D eigenvalue weighted by molar-refractivity contribution is -0.142. The molecule has 0 saturated heterocycles. The number of anilines is 1. The molecular formula is C19H11F5N6O3. The molecule has 1 N–H and O–H groups in total. The van der Waals surface area contributed by atoms with E-state index < -0.39 is 46.6 Å². The van der Waals surface area contributed by atoms with Gasteiger partial charge in [0.25, 0.3) is 11.8 Å². The Labute approximate surface area is 180 Å². The van der Waals surface area contributed by atoms with Gasteiger partial charge >= 0.3 is 11.9 Å². The molecule has 170 valence electrons. The van der Waals surface area contributed by atoms with Crippen molar-refractivity contribution in [1.29, 1.82) is 0 Å². The minimum atomic E-state index is -4.83. The third-order valence-corrected chi connectivity index (χ3v) is 4.34. The zero-order valence-electron chi connectivity index (χ0n) is 16.4. The molecule has 0 unspecified atom stereocenters. The Morgan fingerprint density at radius 1 is 1.12 bits per heavy atom. The van der Waals surface area contributed by atoms with Gasteiger partial charge < -0.3 is 9.73 Å². The fourth-order valence-electron chi connectivity index (χ4n) is 2.78. The molecule has 0 bridgehead atoms. The largest absolute Gasteiger partial charge is 0.437 e. The highest BCUT2D eigenvalue weighted by Gasteiger charge is 2.37. The number of pyridine rings is 1. The van der Waals surface area contributed by atoms with Crippen LogP contribution in [-0.2, 0) is 13.2 Å². The van der Waals surface area contributed by atoms with Crippen molar-refractivity contribution in [1.82, 2.24) is 24.5 Å². The van der Waals surface area contributed by atoms with E-state index >= 15 is 0 Å². The topological polar surface area (TPSA) is 108 Å². The van der Waals surface area contributed by atoms with Gasteiger partial charge in [-0.2, -0.15) is 23.0 Å². The predicted molar refractivity (Wildman–Crippen MR) is 101 cm³/mol. The number of aromatic nitrogens is 5. The number of carbonyl (C=O) groups excluding carboxylic acids is 1. The summed E-state index contributed by atoms with van der Waals surface area (Å²) < 4.78 is 73.7. The second kappa shape index (κ2) is 7.96. The van der Waals surface area contributed by atoms with Gasteiger partial charge in [0, 0.05) is 13.1 Å². The molecule has 0 radical (unpaired) electrons. The number of rotatable bonds is 4. The van der Waals surface area contributed by atoms with Crippen LogP contribution in [0, 0.1) is 11.6 Å². The molecule has 14 heteroatoms. The number of benzene rings is 1. The molecule has 0 fully saturated rings. The lowest BCUT2D eigenvalue weighted by Crippen LogP contribution is -2.16. The smallest absolute Gasteiger partial charge is 0.386 e. The number of hydrogen-bond donors (Lipinski definition) is 1. The Morgan fingerprint density at radius 3 is 2.48 bits per heavy atom. The van der Waals surface area contributed by atoms with Crippen molar-refractivity contribution in [2.45, 2.75) is 6.18 Å². The number of amides is 1. The first-order valence-electron chi connectivity index (χ1n) is 8.98. The molecule has 0 spiro atoms. The van der Waals surface area contributed by atoms with Crippen LogP contribution in [0.4, 0.5) is 27.8 Å². The number of hydrogen-bond acceptors (Lipinski definition) is 6. The van der Waals surface area contributed by atoms with Crippen LogP contribution in [0.25, 0.3) is 17.3 Å². The molecule has 0 aliphatic carbocycles. The van der Waals surface area contributed by atoms with Crippen LogP contribution < -0.4 is 11.1 Å². The maximum atomic E-state index is 13.8. The summed E-state index contributed by atoms with van der Waals surface area (Å²) >= 11 is 0. The lowest BCUT2D eigenvalue weighted by atomic mass is 10.2. The molecule has 0 saturated carbocycles. The summed E-state index contributed by atoms with van der Waals surface area (Å²) in [5, 5.41) is 9.69. The van der Waals surface area contributed by atoms with Crippen LogP contribution in [0.1, 0.15) is 16.1 Å². The summed E-state index contributed by atoms with van der Waals surface area (Å²) in [5.41, 5.74) is -2.28. The van der Waals surface area contributed by atoms with Gasteiger partial charge in [0.15, 0.2) is 17.3 Å². The van der Waals surface area contributed by atoms with Crippen molar-refractivity contribution < 1.29 is 31.2 Å². The summed E-state index contributed by atoms with van der Waals surface area (Å²) in [6.07, 6.45) is -3.86. The maximum Gasteiger partial charge on any atom is 0.437 e. The van der Waals surface area contributed by atoms with Crippen molar-refractivity contribution in [3.63, 3.8) is 0 Å². The normalized spacial score (nSPS) is 11.6. The summed E-state index contributed by atoms with van der Waals surface area (Å²) in [5.74, 6) is -5.01. The van der Waals surface area contributed by atoms with Gasteiger partial charge in [-0.1, -0.05) is 6.07 Å². The van der Waals surface area contributed by atoms with Crippen LogP contribution >= 0.6 is 0 Å². The summed E-state index contributed by atoms with van der Waals surface area (Å²) in [6.45, 7) is 0. The summed E-state index contributed by atoms with van der Waals surface area (Å²) in [6, 6.07) is 5.98. The van der Waals surface area contributed by atoms with Crippen LogP contribution in [0.5, 0.6) is 0 Å². The first kappa shape index (κ1) is 21.9. The Kier molecular flexibility index (Phi) is 5.27. The fourth-order valence-corrected chi connectivity index (χ4v) is 2.78. The number of carbonyl (C=O) groups is 1. The minimum absolute atomic E-state index is 0.135. The monoisotopic (exact) mass is 466 g/mol. The Bertz CT molecular complexity index is 1400. The molecule has 3 heterocycles. The van der Waals surface area contributed by atoms with E-state index in [0.29, 0.717) is 10.7 Å². The van der Waals surface area contributed by atoms with Gasteiger partial charge in [0.05, 0.1) is 17.4 Å². The molecule has 4 rings (SSSR count). The first-order chi connectivity index (χ1) is 15.5. The Morgan fingerprint density at radius 2 is 1.88 bits per heavy atom. The van der Waals surface area contributed by atoms with E-state index in [4.69, 9.17) is 4.42 Å². The van der Waals surface area contributed by atoms with E-state index in [-0.39, 0.29) is 17.2 Å².